The van der Waals surface area contributed by atoms with Gasteiger partial charge >= 0.3 is 0 Å². The second kappa shape index (κ2) is 7.71. The summed E-state index contributed by atoms with van der Waals surface area (Å²) >= 11 is 1.58. The molecule has 0 atom stereocenters. The van der Waals surface area contributed by atoms with Gasteiger partial charge in [0.2, 0.25) is 5.91 Å². The van der Waals surface area contributed by atoms with Crippen LogP contribution in [0.2, 0.25) is 0 Å². The summed E-state index contributed by atoms with van der Waals surface area (Å²) < 4.78 is 10.6. The van der Waals surface area contributed by atoms with Gasteiger partial charge in [0.25, 0.3) is 0 Å². The largest absolute Gasteiger partial charge is 0.367 e. The van der Waals surface area contributed by atoms with Gasteiger partial charge in [-0.15, -0.1) is 11.3 Å². The lowest BCUT2D eigenvalue weighted by atomic mass is 10.2. The van der Waals surface area contributed by atoms with Crippen LogP contribution in [0.5, 0.6) is 0 Å². The summed E-state index contributed by atoms with van der Waals surface area (Å²) in [5.41, 5.74) is 1.72. The quantitative estimate of drug-likeness (QED) is 0.723. The number of nitrogens with zero attached hydrogens (tertiary/aromatic N) is 1. The number of nitrogens with one attached hydrogen (secondary N) is 1. The summed E-state index contributed by atoms with van der Waals surface area (Å²) in [6.45, 7) is 0.758. The summed E-state index contributed by atoms with van der Waals surface area (Å²) in [7, 11) is 0. The van der Waals surface area contributed by atoms with Crippen LogP contribution in [0.4, 0.5) is 0 Å². The van der Waals surface area contributed by atoms with Crippen molar-refractivity contribution in [2.75, 3.05) is 6.61 Å². The molecule has 0 aliphatic rings. The highest BCUT2D eigenvalue weighted by atomic mass is 32.1. The topological polar surface area (TPSA) is 64.4 Å². The Hall–Kier alpha value is -2.44. The van der Waals surface area contributed by atoms with Crippen molar-refractivity contribution in [1.82, 2.24) is 10.5 Å². The fourth-order valence-corrected chi connectivity index (χ4v) is 2.68. The van der Waals surface area contributed by atoms with Crippen LogP contribution in [0.25, 0.3) is 10.6 Å². The highest BCUT2D eigenvalue weighted by Gasteiger charge is 2.09. The van der Waals surface area contributed by atoms with Crippen LogP contribution in [-0.4, -0.2) is 17.7 Å². The molecule has 0 spiro atoms. The predicted octanol–water partition coefficient (Wildman–Crippen LogP) is 3.24. The molecule has 0 fully saturated rings. The first-order chi connectivity index (χ1) is 11.3. The molecule has 1 N–H and O–H groups in total. The van der Waals surface area contributed by atoms with Gasteiger partial charge in [-0.1, -0.05) is 41.6 Å². The van der Waals surface area contributed by atoms with E-state index >= 15 is 0 Å². The van der Waals surface area contributed by atoms with E-state index in [4.69, 9.17) is 9.26 Å². The van der Waals surface area contributed by atoms with Gasteiger partial charge in [0.15, 0.2) is 5.76 Å². The molecule has 1 aromatic carbocycles. The predicted molar refractivity (Wildman–Crippen MR) is 87.8 cm³/mol. The van der Waals surface area contributed by atoms with Crippen LogP contribution in [0.15, 0.2) is 58.4 Å². The van der Waals surface area contributed by atoms with Gasteiger partial charge in [-0.3, -0.25) is 4.79 Å². The Morgan fingerprint density at radius 1 is 1.22 bits per heavy atom. The molecule has 6 heteroatoms. The zero-order valence-electron chi connectivity index (χ0n) is 12.4. The van der Waals surface area contributed by atoms with E-state index in [0.29, 0.717) is 24.6 Å². The van der Waals surface area contributed by atoms with E-state index < -0.39 is 0 Å². The van der Waals surface area contributed by atoms with E-state index in [-0.39, 0.29) is 12.5 Å². The van der Waals surface area contributed by atoms with Crippen molar-refractivity contribution in [3.05, 3.63) is 65.2 Å². The monoisotopic (exact) mass is 328 g/mol. The molecule has 2 aromatic heterocycles. The molecule has 0 saturated heterocycles. The van der Waals surface area contributed by atoms with Gasteiger partial charge in [0.05, 0.1) is 18.0 Å². The van der Waals surface area contributed by atoms with Crippen LogP contribution in [0, 0.1) is 0 Å². The summed E-state index contributed by atoms with van der Waals surface area (Å²) in [6, 6.07) is 15.5. The maximum atomic E-state index is 11.7. The molecule has 0 aliphatic heterocycles. The standard InChI is InChI=1S/C17H16N2O3S/c20-17(12-21-11-13-5-2-1-3-6-13)18-10-14-9-15(22-19-14)16-7-4-8-23-16/h1-9H,10-12H2,(H,18,20). The first-order valence-electron chi connectivity index (χ1n) is 7.19. The molecular weight excluding hydrogens is 312 g/mol. The van der Waals surface area contributed by atoms with Gasteiger partial charge in [-0.25, -0.2) is 0 Å². The van der Waals surface area contributed by atoms with E-state index in [1.807, 2.05) is 53.9 Å². The molecule has 0 aliphatic carbocycles. The van der Waals surface area contributed by atoms with Gasteiger partial charge < -0.3 is 14.6 Å². The summed E-state index contributed by atoms with van der Waals surface area (Å²) in [5.74, 6) is 0.534. The number of hydrogen-bond acceptors (Lipinski definition) is 5. The first kappa shape index (κ1) is 15.5. The number of aromatic nitrogens is 1. The molecule has 2 heterocycles. The number of amides is 1. The van der Waals surface area contributed by atoms with Crippen molar-refractivity contribution in [3.8, 4) is 10.6 Å². The molecule has 3 aromatic rings. The number of rotatable bonds is 7. The lowest BCUT2D eigenvalue weighted by Crippen LogP contribution is -2.27. The van der Waals surface area contributed by atoms with E-state index in [9.17, 15) is 4.79 Å². The Balaban J connectivity index is 1.41. The first-order valence-corrected chi connectivity index (χ1v) is 8.07. The average molecular weight is 328 g/mol. The molecule has 0 unspecified atom stereocenters. The van der Waals surface area contributed by atoms with Crippen molar-refractivity contribution in [2.45, 2.75) is 13.2 Å². The third-order valence-corrected chi connectivity index (χ3v) is 4.02. The lowest BCUT2D eigenvalue weighted by molar-refractivity contribution is -0.126. The zero-order chi connectivity index (χ0) is 15.9. The van der Waals surface area contributed by atoms with Crippen molar-refractivity contribution < 1.29 is 14.1 Å². The minimum absolute atomic E-state index is 0.0184. The number of ether oxygens (including phenoxy) is 1. The molecule has 0 saturated carbocycles. The Bertz CT molecular complexity index is 738. The van der Waals surface area contributed by atoms with Crippen molar-refractivity contribution in [2.24, 2.45) is 0 Å². The highest BCUT2D eigenvalue weighted by Crippen LogP contribution is 2.24. The zero-order valence-corrected chi connectivity index (χ0v) is 13.2. The lowest BCUT2D eigenvalue weighted by Gasteiger charge is -2.04. The van der Waals surface area contributed by atoms with Gasteiger partial charge in [0.1, 0.15) is 12.3 Å². The Morgan fingerprint density at radius 3 is 2.87 bits per heavy atom. The smallest absolute Gasteiger partial charge is 0.246 e. The van der Waals surface area contributed by atoms with Crippen LogP contribution in [0.1, 0.15) is 11.3 Å². The Kier molecular flexibility index (Phi) is 5.18. The Labute approximate surface area is 137 Å². The summed E-state index contributed by atoms with van der Waals surface area (Å²) in [4.78, 5) is 12.8. The molecule has 5 nitrogen and oxygen atoms in total. The SMILES string of the molecule is O=C(COCc1ccccc1)NCc1cc(-c2cccs2)on1. The molecular formula is C17H16N2O3S. The Morgan fingerprint density at radius 2 is 2.09 bits per heavy atom. The number of hydrogen-bond donors (Lipinski definition) is 1. The van der Waals surface area contributed by atoms with E-state index in [1.54, 1.807) is 11.3 Å². The van der Waals surface area contributed by atoms with Gasteiger partial charge in [0, 0.05) is 6.07 Å². The van der Waals surface area contributed by atoms with Crippen LogP contribution in [-0.2, 0) is 22.7 Å². The number of carbonyl (C=O) groups excluding carboxylic acids is 1. The van der Waals surface area contributed by atoms with Crippen molar-refractivity contribution >= 4 is 17.2 Å². The van der Waals surface area contributed by atoms with Crippen LogP contribution in [0.3, 0.4) is 0 Å². The number of carbonyl (C=O) groups is 1. The third kappa shape index (κ3) is 4.51. The second-order valence-electron chi connectivity index (χ2n) is 4.91. The van der Waals surface area contributed by atoms with E-state index in [1.165, 1.54) is 0 Å². The average Bonchev–Trinajstić information content (AvgIpc) is 3.25. The van der Waals surface area contributed by atoms with Gasteiger partial charge in [-0.05, 0) is 17.0 Å². The summed E-state index contributed by atoms with van der Waals surface area (Å²) in [6.07, 6.45) is 0. The third-order valence-electron chi connectivity index (χ3n) is 3.13. The highest BCUT2D eigenvalue weighted by molar-refractivity contribution is 7.13. The van der Waals surface area contributed by atoms with Crippen molar-refractivity contribution in [3.63, 3.8) is 0 Å². The number of benzene rings is 1. The summed E-state index contributed by atoms with van der Waals surface area (Å²) in [5, 5.41) is 8.68. The molecule has 118 valence electrons. The number of thiophene rings is 1. The van der Waals surface area contributed by atoms with Crippen LogP contribution < -0.4 is 5.32 Å². The minimum Gasteiger partial charge on any atom is -0.367 e. The van der Waals surface area contributed by atoms with Crippen LogP contribution >= 0.6 is 11.3 Å². The minimum atomic E-state index is -0.179. The molecule has 0 radical (unpaired) electrons. The fourth-order valence-electron chi connectivity index (χ4n) is 2.01. The molecule has 3 rings (SSSR count). The maximum absolute atomic E-state index is 11.7. The second-order valence-corrected chi connectivity index (χ2v) is 5.86. The maximum Gasteiger partial charge on any atom is 0.246 e. The molecule has 0 bridgehead atoms. The molecule has 23 heavy (non-hydrogen) atoms. The fraction of sp³-hybridized carbons (Fsp3) is 0.176. The molecule has 1 amide bonds. The van der Waals surface area contributed by atoms with Crippen molar-refractivity contribution in [1.29, 1.82) is 0 Å². The van der Waals surface area contributed by atoms with Gasteiger partial charge in [-0.2, -0.15) is 0 Å². The van der Waals surface area contributed by atoms with E-state index in [0.717, 1.165) is 10.4 Å². The van der Waals surface area contributed by atoms with E-state index in [2.05, 4.69) is 10.5 Å². The normalized spacial score (nSPS) is 10.6.